The molecule has 0 aromatic heterocycles. The van der Waals surface area contributed by atoms with Crippen molar-refractivity contribution in [3.63, 3.8) is 0 Å². The van der Waals surface area contributed by atoms with Crippen LogP contribution >= 0.6 is 0 Å². The maximum absolute atomic E-state index is 11.2. The maximum Gasteiger partial charge on any atom is 0.354 e. The highest BCUT2D eigenvalue weighted by atomic mass is 16.5. The van der Waals surface area contributed by atoms with Crippen molar-refractivity contribution in [2.24, 2.45) is 5.10 Å². The second-order valence-corrected chi connectivity index (χ2v) is 3.24. The van der Waals surface area contributed by atoms with Gasteiger partial charge in [0.1, 0.15) is 5.71 Å². The number of rotatable bonds is 5. The Morgan fingerprint density at radius 3 is 2.69 bits per heavy atom. The first kappa shape index (κ1) is 12.2. The second kappa shape index (κ2) is 6.61. The Morgan fingerprint density at radius 1 is 1.38 bits per heavy atom. The van der Waals surface area contributed by atoms with Gasteiger partial charge in [-0.1, -0.05) is 30.3 Å². The Balaban J connectivity index is 2.39. The predicted molar refractivity (Wildman–Crippen MR) is 63.0 cm³/mol. The molecule has 1 N–H and O–H groups in total. The molecule has 0 atom stereocenters. The molecule has 0 aliphatic carbocycles. The van der Waals surface area contributed by atoms with Crippen molar-refractivity contribution in [3.05, 3.63) is 35.9 Å². The van der Waals surface area contributed by atoms with Crippen molar-refractivity contribution in [1.29, 1.82) is 0 Å². The maximum atomic E-state index is 11.2. The Morgan fingerprint density at radius 2 is 2.06 bits per heavy atom. The van der Waals surface area contributed by atoms with Crippen LogP contribution in [0.15, 0.2) is 35.4 Å². The smallest absolute Gasteiger partial charge is 0.354 e. The Labute approximate surface area is 95.3 Å². The van der Waals surface area contributed by atoms with Crippen LogP contribution in [0, 0.1) is 0 Å². The highest BCUT2D eigenvalue weighted by Crippen LogP contribution is 1.97. The molecule has 1 aromatic rings. The topological polar surface area (TPSA) is 50.7 Å². The van der Waals surface area contributed by atoms with Gasteiger partial charge in [0.25, 0.3) is 0 Å². The van der Waals surface area contributed by atoms with Gasteiger partial charge in [-0.15, -0.1) is 0 Å². The van der Waals surface area contributed by atoms with Crippen molar-refractivity contribution in [2.75, 3.05) is 6.61 Å². The number of hydrogen-bond acceptors (Lipinski definition) is 4. The Kier molecular flexibility index (Phi) is 5.05. The lowest BCUT2D eigenvalue weighted by molar-refractivity contribution is -0.135. The molecule has 0 fully saturated rings. The van der Waals surface area contributed by atoms with Gasteiger partial charge in [-0.05, 0) is 19.4 Å². The van der Waals surface area contributed by atoms with E-state index in [4.69, 9.17) is 4.74 Å². The van der Waals surface area contributed by atoms with E-state index < -0.39 is 0 Å². The first-order valence-electron chi connectivity index (χ1n) is 5.22. The van der Waals surface area contributed by atoms with Gasteiger partial charge in [0.05, 0.1) is 13.2 Å². The van der Waals surface area contributed by atoms with Gasteiger partial charge in [0.15, 0.2) is 0 Å². The van der Waals surface area contributed by atoms with Crippen molar-refractivity contribution in [3.8, 4) is 0 Å². The van der Waals surface area contributed by atoms with Gasteiger partial charge < -0.3 is 10.2 Å². The van der Waals surface area contributed by atoms with Crippen LogP contribution in [0.4, 0.5) is 0 Å². The number of ether oxygens (including phenoxy) is 1. The zero-order valence-corrected chi connectivity index (χ0v) is 9.56. The Bertz CT molecular complexity index is 361. The second-order valence-electron chi connectivity index (χ2n) is 3.24. The summed E-state index contributed by atoms with van der Waals surface area (Å²) >= 11 is 0. The van der Waals surface area contributed by atoms with Gasteiger partial charge in [0, 0.05) is 0 Å². The van der Waals surface area contributed by atoms with E-state index in [2.05, 4.69) is 10.5 Å². The van der Waals surface area contributed by atoms with Gasteiger partial charge in [-0.25, -0.2) is 4.79 Å². The van der Waals surface area contributed by atoms with Gasteiger partial charge in [0.2, 0.25) is 0 Å². The summed E-state index contributed by atoms with van der Waals surface area (Å²) in [4.78, 5) is 11.2. The molecule has 0 radical (unpaired) electrons. The monoisotopic (exact) mass is 220 g/mol. The van der Waals surface area contributed by atoms with Crippen molar-refractivity contribution in [1.82, 2.24) is 5.43 Å². The van der Waals surface area contributed by atoms with Crippen molar-refractivity contribution < 1.29 is 9.53 Å². The number of carbonyl (C=O) groups excluding carboxylic acids is 1. The molecule has 0 bridgehead atoms. The molecule has 4 heteroatoms. The number of carbonyl (C=O) groups is 1. The molecular formula is C12H16N2O2. The number of esters is 1. The third-order valence-electron chi connectivity index (χ3n) is 1.94. The first-order chi connectivity index (χ1) is 7.74. The summed E-state index contributed by atoms with van der Waals surface area (Å²) in [5.74, 6) is -0.386. The largest absolute Gasteiger partial charge is 0.461 e. The molecular weight excluding hydrogens is 204 g/mol. The lowest BCUT2D eigenvalue weighted by Crippen LogP contribution is -2.18. The van der Waals surface area contributed by atoms with E-state index >= 15 is 0 Å². The average molecular weight is 220 g/mol. The molecule has 4 nitrogen and oxygen atoms in total. The van der Waals surface area contributed by atoms with E-state index in [9.17, 15) is 4.79 Å². The number of nitrogens with one attached hydrogen (secondary N) is 1. The summed E-state index contributed by atoms with van der Waals surface area (Å²) in [5.41, 5.74) is 4.27. The molecule has 0 saturated carbocycles. The summed E-state index contributed by atoms with van der Waals surface area (Å²) < 4.78 is 4.80. The molecule has 16 heavy (non-hydrogen) atoms. The van der Waals surface area contributed by atoms with E-state index in [0.717, 1.165) is 5.56 Å². The quantitative estimate of drug-likeness (QED) is 0.467. The van der Waals surface area contributed by atoms with Gasteiger partial charge in [-0.3, -0.25) is 0 Å². The minimum absolute atomic E-state index is 0.331. The Hall–Kier alpha value is -1.84. The fraction of sp³-hybridized carbons (Fsp3) is 0.333. The molecule has 0 amide bonds. The summed E-state index contributed by atoms with van der Waals surface area (Å²) in [6.45, 7) is 4.35. The van der Waals surface area contributed by atoms with Gasteiger partial charge >= 0.3 is 5.97 Å². The van der Waals surface area contributed by atoms with Crippen LogP contribution in [0.2, 0.25) is 0 Å². The number of hydrogen-bond donors (Lipinski definition) is 1. The third-order valence-corrected chi connectivity index (χ3v) is 1.94. The fourth-order valence-electron chi connectivity index (χ4n) is 1.13. The minimum atomic E-state index is -0.386. The van der Waals surface area contributed by atoms with Crippen LogP contribution in [0.3, 0.4) is 0 Å². The molecule has 0 spiro atoms. The lowest BCUT2D eigenvalue weighted by atomic mass is 10.2. The molecule has 0 heterocycles. The fourth-order valence-corrected chi connectivity index (χ4v) is 1.13. The van der Waals surface area contributed by atoms with E-state index in [1.807, 2.05) is 30.3 Å². The summed E-state index contributed by atoms with van der Waals surface area (Å²) in [5, 5.41) is 3.93. The van der Waals surface area contributed by atoms with E-state index in [0.29, 0.717) is 18.9 Å². The summed E-state index contributed by atoms with van der Waals surface area (Å²) in [7, 11) is 0. The zero-order chi connectivity index (χ0) is 11.8. The minimum Gasteiger partial charge on any atom is -0.461 e. The van der Waals surface area contributed by atoms with Gasteiger partial charge in [-0.2, -0.15) is 5.10 Å². The van der Waals surface area contributed by atoms with Crippen LogP contribution in [0.1, 0.15) is 19.4 Å². The summed E-state index contributed by atoms with van der Waals surface area (Å²) in [6, 6.07) is 9.85. The standard InChI is InChI=1S/C12H16N2O2/c1-3-16-12(15)10(2)14-13-9-11-7-5-4-6-8-11/h4-8,13H,3,9H2,1-2H3/b14-10+. The van der Waals surface area contributed by atoms with Crippen LogP contribution in [-0.4, -0.2) is 18.3 Å². The van der Waals surface area contributed by atoms with Crippen LogP contribution in [0.5, 0.6) is 0 Å². The molecule has 86 valence electrons. The highest BCUT2D eigenvalue weighted by molar-refractivity contribution is 6.35. The number of benzene rings is 1. The number of nitrogens with zero attached hydrogens (tertiary/aromatic N) is 1. The molecule has 0 aliphatic heterocycles. The van der Waals surface area contributed by atoms with E-state index in [1.165, 1.54) is 0 Å². The zero-order valence-electron chi connectivity index (χ0n) is 9.56. The molecule has 0 unspecified atom stereocenters. The average Bonchev–Trinajstić information content (AvgIpc) is 2.30. The van der Waals surface area contributed by atoms with Crippen LogP contribution < -0.4 is 5.43 Å². The lowest BCUT2D eigenvalue weighted by Gasteiger charge is -2.03. The van der Waals surface area contributed by atoms with Crippen LogP contribution in [0.25, 0.3) is 0 Å². The molecule has 1 rings (SSSR count). The summed E-state index contributed by atoms with van der Waals surface area (Å²) in [6.07, 6.45) is 0. The van der Waals surface area contributed by atoms with Crippen molar-refractivity contribution >= 4 is 11.7 Å². The predicted octanol–water partition coefficient (Wildman–Crippen LogP) is 1.72. The van der Waals surface area contributed by atoms with Crippen molar-refractivity contribution in [2.45, 2.75) is 20.4 Å². The third kappa shape index (κ3) is 4.13. The molecule has 0 saturated heterocycles. The highest BCUT2D eigenvalue weighted by Gasteiger charge is 2.05. The molecule has 1 aromatic carbocycles. The van der Waals surface area contributed by atoms with Crippen LogP contribution in [-0.2, 0) is 16.1 Å². The SMILES string of the molecule is CCOC(=O)/C(C)=N/NCc1ccccc1. The van der Waals surface area contributed by atoms with E-state index in [1.54, 1.807) is 13.8 Å². The van der Waals surface area contributed by atoms with E-state index in [-0.39, 0.29) is 5.97 Å². The molecule has 0 aliphatic rings. The normalized spacial score (nSPS) is 11.0. The first-order valence-corrected chi connectivity index (χ1v) is 5.22. The number of hydrazone groups is 1.